The maximum atomic E-state index is 13.4. The summed E-state index contributed by atoms with van der Waals surface area (Å²) in [7, 11) is -8.51. The first-order chi connectivity index (χ1) is 15.6. The number of rotatable bonds is 6. The van der Waals surface area contributed by atoms with E-state index in [-0.39, 0.29) is 15.7 Å². The minimum atomic E-state index is -4.31. The Hall–Kier alpha value is -3.56. The van der Waals surface area contributed by atoms with E-state index in [2.05, 4.69) is 9.44 Å². The number of phenols is 1. The van der Waals surface area contributed by atoms with Crippen molar-refractivity contribution in [1.82, 2.24) is 0 Å². The van der Waals surface area contributed by atoms with E-state index in [0.29, 0.717) is 22.5 Å². The maximum Gasteiger partial charge on any atom is 0.265 e. The lowest BCUT2D eigenvalue weighted by molar-refractivity contribution is 0.465. The Morgan fingerprint density at radius 1 is 0.606 bits per heavy atom. The first kappa shape index (κ1) is 22.6. The molecule has 0 atom stereocenters. The molecule has 0 aromatic heterocycles. The molecule has 0 spiro atoms. The third kappa shape index (κ3) is 4.37. The van der Waals surface area contributed by atoms with E-state index in [1.165, 1.54) is 12.1 Å². The molecule has 3 N–H and O–H groups in total. The Kier molecular flexibility index (Phi) is 5.77. The van der Waals surface area contributed by atoms with Crippen LogP contribution in [-0.2, 0) is 20.0 Å². The van der Waals surface area contributed by atoms with E-state index in [9.17, 15) is 21.9 Å². The molecule has 0 aliphatic carbocycles. The molecule has 0 saturated heterocycles. The second-order valence-electron chi connectivity index (χ2n) is 7.61. The molecule has 0 heterocycles. The van der Waals surface area contributed by atoms with Gasteiger partial charge < -0.3 is 5.11 Å². The minimum Gasteiger partial charge on any atom is -0.506 e. The van der Waals surface area contributed by atoms with Crippen LogP contribution in [-0.4, -0.2) is 21.9 Å². The number of phenolic OH excluding ortho intramolecular Hbond substituents is 1. The van der Waals surface area contributed by atoms with Crippen molar-refractivity contribution in [2.75, 3.05) is 9.44 Å². The van der Waals surface area contributed by atoms with Crippen molar-refractivity contribution in [3.63, 3.8) is 0 Å². The lowest BCUT2D eigenvalue weighted by Crippen LogP contribution is -2.17. The monoisotopic (exact) mass is 482 g/mol. The van der Waals surface area contributed by atoms with Gasteiger partial charge in [-0.25, -0.2) is 16.8 Å². The second kappa shape index (κ2) is 8.42. The molecule has 0 radical (unpaired) electrons. The van der Waals surface area contributed by atoms with Crippen molar-refractivity contribution in [2.24, 2.45) is 0 Å². The predicted octanol–water partition coefficient (Wildman–Crippen LogP) is 4.76. The van der Waals surface area contributed by atoms with Crippen LogP contribution in [0.1, 0.15) is 11.1 Å². The fourth-order valence-corrected chi connectivity index (χ4v) is 6.21. The van der Waals surface area contributed by atoms with E-state index in [1.54, 1.807) is 74.5 Å². The molecule has 0 bridgehead atoms. The van der Waals surface area contributed by atoms with Crippen LogP contribution >= 0.6 is 0 Å². The summed E-state index contributed by atoms with van der Waals surface area (Å²) in [5.41, 5.74) is 2.08. The molecule has 0 amide bonds. The topological polar surface area (TPSA) is 113 Å². The molecular formula is C24H22N2O5S2. The first-order valence-electron chi connectivity index (χ1n) is 10.0. The number of hydrogen-bond acceptors (Lipinski definition) is 5. The maximum absolute atomic E-state index is 13.4. The Labute approximate surface area is 192 Å². The summed E-state index contributed by atoms with van der Waals surface area (Å²) < 4.78 is 58.1. The molecule has 33 heavy (non-hydrogen) atoms. The van der Waals surface area contributed by atoms with Gasteiger partial charge in [0, 0.05) is 10.8 Å². The highest BCUT2D eigenvalue weighted by molar-refractivity contribution is 7.93. The van der Waals surface area contributed by atoms with Gasteiger partial charge in [0.25, 0.3) is 20.0 Å². The molecule has 0 fully saturated rings. The Morgan fingerprint density at radius 2 is 1.03 bits per heavy atom. The lowest BCUT2D eigenvalue weighted by Gasteiger charge is -2.17. The van der Waals surface area contributed by atoms with Gasteiger partial charge in [0.2, 0.25) is 0 Å². The number of benzene rings is 4. The number of fused-ring (bicyclic) bond motifs is 1. The van der Waals surface area contributed by atoms with Crippen molar-refractivity contribution >= 4 is 42.2 Å². The van der Waals surface area contributed by atoms with Crippen molar-refractivity contribution in [3.05, 3.63) is 90.0 Å². The third-order valence-electron chi connectivity index (χ3n) is 5.30. The molecule has 0 aliphatic rings. The molecule has 170 valence electrons. The number of aryl methyl sites for hydroxylation is 2. The molecular weight excluding hydrogens is 460 g/mol. The van der Waals surface area contributed by atoms with Crippen LogP contribution in [0.2, 0.25) is 0 Å². The second-order valence-corrected chi connectivity index (χ2v) is 10.9. The van der Waals surface area contributed by atoms with Gasteiger partial charge in [0.15, 0.2) is 0 Å². The highest BCUT2D eigenvalue weighted by atomic mass is 32.2. The summed E-state index contributed by atoms with van der Waals surface area (Å²) in [6.07, 6.45) is 0. The summed E-state index contributed by atoms with van der Waals surface area (Å²) in [5.74, 6) is -0.526. The number of hydrogen-bond donors (Lipinski definition) is 3. The number of aromatic hydroxyl groups is 1. The summed E-state index contributed by atoms with van der Waals surface area (Å²) in [4.78, 5) is -0.793. The predicted molar refractivity (Wildman–Crippen MR) is 130 cm³/mol. The summed E-state index contributed by atoms with van der Waals surface area (Å²) in [6.45, 7) is 3.49. The molecule has 0 aliphatic heterocycles. The Balaban J connectivity index is 1.91. The van der Waals surface area contributed by atoms with Crippen LogP contribution in [0.3, 0.4) is 0 Å². The average Bonchev–Trinajstić information content (AvgIpc) is 2.77. The molecule has 4 aromatic carbocycles. The van der Waals surface area contributed by atoms with E-state index < -0.39 is 30.7 Å². The van der Waals surface area contributed by atoms with Gasteiger partial charge in [-0.2, -0.15) is 0 Å². The molecule has 0 saturated carbocycles. The fraction of sp³-hybridized carbons (Fsp3) is 0.0833. The standard InChI is InChI=1S/C24H22N2O5S2/c1-16-9-3-7-13-20(16)25-32(28,29)22-15-23(24(27)19-12-6-5-11-18(19)22)33(30,31)26-21-14-8-4-10-17(21)2/h3-15,25-27H,1-2H3. The van der Waals surface area contributed by atoms with Crippen LogP contribution in [0.4, 0.5) is 11.4 Å². The molecule has 7 nitrogen and oxygen atoms in total. The van der Waals surface area contributed by atoms with Crippen LogP contribution in [0.25, 0.3) is 10.8 Å². The fourth-order valence-electron chi connectivity index (χ4n) is 3.50. The number of sulfonamides is 2. The quantitative estimate of drug-likeness (QED) is 0.367. The largest absolute Gasteiger partial charge is 0.506 e. The minimum absolute atomic E-state index is 0.107. The average molecular weight is 483 g/mol. The zero-order valence-electron chi connectivity index (χ0n) is 17.9. The summed E-state index contributed by atoms with van der Waals surface area (Å²) >= 11 is 0. The van der Waals surface area contributed by atoms with Crippen molar-refractivity contribution in [1.29, 1.82) is 0 Å². The van der Waals surface area contributed by atoms with Crippen LogP contribution < -0.4 is 9.44 Å². The van der Waals surface area contributed by atoms with Gasteiger partial charge in [-0.15, -0.1) is 0 Å². The smallest absolute Gasteiger partial charge is 0.265 e. The molecule has 9 heteroatoms. The molecule has 4 aromatic rings. The Bertz CT molecular complexity index is 1580. The third-order valence-corrected chi connectivity index (χ3v) is 8.09. The molecule has 0 unspecified atom stereocenters. The van der Waals surface area contributed by atoms with Crippen LogP contribution in [0.5, 0.6) is 5.75 Å². The van der Waals surface area contributed by atoms with Gasteiger partial charge >= 0.3 is 0 Å². The van der Waals surface area contributed by atoms with Gasteiger partial charge in [-0.3, -0.25) is 9.44 Å². The van der Waals surface area contributed by atoms with Crippen LogP contribution in [0, 0.1) is 13.8 Å². The molecule has 4 rings (SSSR count). The number of anilines is 2. The van der Waals surface area contributed by atoms with E-state index in [4.69, 9.17) is 0 Å². The number of para-hydroxylation sites is 2. The SMILES string of the molecule is Cc1ccccc1NS(=O)(=O)c1cc(S(=O)(=O)Nc2ccccc2C)c2ccccc2c1O. The normalized spacial score (nSPS) is 11.9. The van der Waals surface area contributed by atoms with Crippen molar-refractivity contribution in [2.45, 2.75) is 23.6 Å². The zero-order chi connectivity index (χ0) is 23.8. The number of nitrogens with one attached hydrogen (secondary N) is 2. The van der Waals surface area contributed by atoms with Crippen molar-refractivity contribution < 1.29 is 21.9 Å². The highest BCUT2D eigenvalue weighted by Crippen LogP contribution is 2.38. The lowest BCUT2D eigenvalue weighted by atomic mass is 10.1. The van der Waals surface area contributed by atoms with Gasteiger partial charge in [0.1, 0.15) is 10.6 Å². The van der Waals surface area contributed by atoms with E-state index in [1.807, 2.05) is 0 Å². The van der Waals surface area contributed by atoms with Crippen LogP contribution in [0.15, 0.2) is 88.7 Å². The van der Waals surface area contributed by atoms with Gasteiger partial charge in [-0.1, -0.05) is 60.7 Å². The van der Waals surface area contributed by atoms with E-state index in [0.717, 1.165) is 6.07 Å². The highest BCUT2D eigenvalue weighted by Gasteiger charge is 2.28. The zero-order valence-corrected chi connectivity index (χ0v) is 19.5. The summed E-state index contributed by atoms with van der Waals surface area (Å²) in [5, 5.41) is 11.1. The van der Waals surface area contributed by atoms with Crippen molar-refractivity contribution in [3.8, 4) is 5.75 Å². The Morgan fingerprint density at radius 3 is 1.55 bits per heavy atom. The summed E-state index contributed by atoms with van der Waals surface area (Å²) in [6, 6.07) is 20.8. The van der Waals surface area contributed by atoms with Gasteiger partial charge in [-0.05, 0) is 43.2 Å². The van der Waals surface area contributed by atoms with E-state index >= 15 is 0 Å². The van der Waals surface area contributed by atoms with Gasteiger partial charge in [0.05, 0.1) is 16.3 Å². The first-order valence-corrected chi connectivity index (χ1v) is 13.0.